The lowest BCUT2D eigenvalue weighted by Crippen LogP contribution is -2.40. The number of sulfone groups is 1. The van der Waals surface area contributed by atoms with Crippen LogP contribution >= 0.6 is 0 Å². The van der Waals surface area contributed by atoms with E-state index in [2.05, 4.69) is 20.8 Å². The molecule has 1 fully saturated rings. The van der Waals surface area contributed by atoms with E-state index < -0.39 is 9.84 Å². The van der Waals surface area contributed by atoms with Crippen LogP contribution in [0.4, 0.5) is 0 Å². The van der Waals surface area contributed by atoms with Crippen molar-refractivity contribution in [3.8, 4) is 0 Å². The lowest BCUT2D eigenvalue weighted by Gasteiger charge is -2.33. The van der Waals surface area contributed by atoms with Crippen molar-refractivity contribution in [2.75, 3.05) is 12.3 Å². The first-order valence-corrected chi connectivity index (χ1v) is 8.50. The number of hydrogen-bond donors (Lipinski definition) is 1. The van der Waals surface area contributed by atoms with Crippen molar-refractivity contribution in [1.82, 2.24) is 0 Å². The summed E-state index contributed by atoms with van der Waals surface area (Å²) in [6, 6.07) is 0. The fourth-order valence-corrected chi connectivity index (χ4v) is 5.21. The lowest BCUT2D eigenvalue weighted by molar-refractivity contribution is 0.296. The number of nitrogens with two attached hydrogens (primary N) is 1. The number of rotatable bonds is 5. The van der Waals surface area contributed by atoms with E-state index in [1.54, 1.807) is 0 Å². The fourth-order valence-electron chi connectivity index (χ4n) is 2.65. The van der Waals surface area contributed by atoms with E-state index in [0.717, 1.165) is 25.7 Å². The monoisotopic (exact) mass is 261 g/mol. The molecule has 0 heterocycles. The Balaban J connectivity index is 2.72. The summed E-state index contributed by atoms with van der Waals surface area (Å²) in [5, 5.41) is -0.185. The van der Waals surface area contributed by atoms with Crippen molar-refractivity contribution >= 4 is 9.84 Å². The van der Waals surface area contributed by atoms with Crippen LogP contribution < -0.4 is 5.73 Å². The Bertz CT molecular complexity index is 324. The predicted octanol–water partition coefficient (Wildman–Crippen LogP) is 2.21. The van der Waals surface area contributed by atoms with Crippen LogP contribution in [0.15, 0.2) is 0 Å². The molecule has 1 aliphatic rings. The summed E-state index contributed by atoms with van der Waals surface area (Å²) >= 11 is 0. The highest BCUT2D eigenvalue weighted by atomic mass is 32.2. The van der Waals surface area contributed by atoms with Gasteiger partial charge in [-0.1, -0.05) is 27.2 Å². The summed E-state index contributed by atoms with van der Waals surface area (Å²) in [7, 11) is -2.95. The van der Waals surface area contributed by atoms with E-state index in [0.29, 0.717) is 24.1 Å². The Morgan fingerprint density at radius 1 is 1.29 bits per heavy atom. The minimum Gasteiger partial charge on any atom is -0.330 e. The average Bonchev–Trinajstić information content (AvgIpc) is 2.26. The van der Waals surface area contributed by atoms with E-state index in [-0.39, 0.29) is 11.2 Å². The van der Waals surface area contributed by atoms with E-state index in [4.69, 9.17) is 5.73 Å². The third-order valence-electron chi connectivity index (χ3n) is 3.93. The van der Waals surface area contributed by atoms with Gasteiger partial charge in [0.2, 0.25) is 0 Å². The van der Waals surface area contributed by atoms with Crippen molar-refractivity contribution < 1.29 is 8.42 Å². The van der Waals surface area contributed by atoms with Gasteiger partial charge in [-0.3, -0.25) is 0 Å². The third kappa shape index (κ3) is 4.25. The van der Waals surface area contributed by atoms with Gasteiger partial charge in [-0.2, -0.15) is 0 Å². The molecule has 2 N–H and O–H groups in total. The molecule has 0 amide bonds. The van der Waals surface area contributed by atoms with Crippen LogP contribution in [0.1, 0.15) is 46.5 Å². The summed E-state index contributed by atoms with van der Waals surface area (Å²) in [5.74, 6) is 1.49. The van der Waals surface area contributed by atoms with Gasteiger partial charge in [-0.25, -0.2) is 8.42 Å². The second-order valence-electron chi connectivity index (χ2n) is 6.00. The summed E-state index contributed by atoms with van der Waals surface area (Å²) in [6.45, 7) is 6.80. The molecule has 0 radical (unpaired) electrons. The quantitative estimate of drug-likeness (QED) is 0.825. The van der Waals surface area contributed by atoms with Gasteiger partial charge < -0.3 is 5.73 Å². The Labute approximate surface area is 106 Å². The molecule has 0 aromatic carbocycles. The maximum atomic E-state index is 12.3. The van der Waals surface area contributed by atoms with Crippen molar-refractivity contribution in [3.05, 3.63) is 0 Å². The molecule has 0 spiro atoms. The molecule has 3 unspecified atom stereocenters. The average molecular weight is 261 g/mol. The van der Waals surface area contributed by atoms with Crippen molar-refractivity contribution in [1.29, 1.82) is 0 Å². The summed E-state index contributed by atoms with van der Waals surface area (Å²) < 4.78 is 24.7. The maximum absolute atomic E-state index is 12.3. The fraction of sp³-hybridized carbons (Fsp3) is 1.00. The van der Waals surface area contributed by atoms with E-state index in [1.165, 1.54) is 0 Å². The van der Waals surface area contributed by atoms with Crippen LogP contribution in [-0.4, -0.2) is 26.0 Å². The molecule has 4 heteroatoms. The molecule has 1 saturated carbocycles. The van der Waals surface area contributed by atoms with Crippen molar-refractivity contribution in [3.63, 3.8) is 0 Å². The van der Waals surface area contributed by atoms with Crippen LogP contribution in [-0.2, 0) is 9.84 Å². The first kappa shape index (κ1) is 15.0. The normalized spacial score (nSPS) is 30.8. The molecule has 3 nitrogen and oxygen atoms in total. The molecule has 17 heavy (non-hydrogen) atoms. The van der Waals surface area contributed by atoms with Gasteiger partial charge in [0.15, 0.2) is 9.84 Å². The standard InChI is InChI=1S/C13H27NO2S/c1-10(2)6-7-17(15,16)13-8-11(3)4-5-12(13)9-14/h10-13H,4-9,14H2,1-3H3. The van der Waals surface area contributed by atoms with Gasteiger partial charge in [-0.05, 0) is 43.6 Å². The van der Waals surface area contributed by atoms with E-state index >= 15 is 0 Å². The zero-order valence-corrected chi connectivity index (χ0v) is 12.2. The molecular weight excluding hydrogens is 234 g/mol. The molecular formula is C13H27NO2S. The highest BCUT2D eigenvalue weighted by molar-refractivity contribution is 7.92. The van der Waals surface area contributed by atoms with Gasteiger partial charge in [0.05, 0.1) is 11.0 Å². The summed E-state index contributed by atoms with van der Waals surface area (Å²) in [6.07, 6.45) is 3.67. The lowest BCUT2D eigenvalue weighted by atomic mass is 9.82. The summed E-state index contributed by atoms with van der Waals surface area (Å²) in [4.78, 5) is 0. The zero-order valence-electron chi connectivity index (χ0n) is 11.4. The molecule has 1 aliphatic carbocycles. The molecule has 3 atom stereocenters. The second-order valence-corrected chi connectivity index (χ2v) is 8.34. The maximum Gasteiger partial charge on any atom is 0.153 e. The smallest absolute Gasteiger partial charge is 0.153 e. The molecule has 0 saturated heterocycles. The topological polar surface area (TPSA) is 60.2 Å². The van der Waals surface area contributed by atoms with E-state index in [1.807, 2.05) is 0 Å². The zero-order chi connectivity index (χ0) is 13.1. The van der Waals surface area contributed by atoms with Gasteiger partial charge >= 0.3 is 0 Å². The van der Waals surface area contributed by atoms with Crippen molar-refractivity contribution in [2.45, 2.75) is 51.7 Å². The SMILES string of the molecule is CC(C)CCS(=O)(=O)C1CC(C)CCC1CN. The molecule has 102 valence electrons. The first-order valence-electron chi connectivity index (χ1n) is 6.78. The van der Waals surface area contributed by atoms with Gasteiger partial charge in [0, 0.05) is 0 Å². The number of hydrogen-bond acceptors (Lipinski definition) is 3. The Morgan fingerprint density at radius 3 is 2.47 bits per heavy atom. The molecule has 0 bridgehead atoms. The molecule has 0 aliphatic heterocycles. The third-order valence-corrected chi connectivity index (χ3v) is 6.24. The molecule has 1 rings (SSSR count). The van der Waals surface area contributed by atoms with Gasteiger partial charge in [0.1, 0.15) is 0 Å². The van der Waals surface area contributed by atoms with E-state index in [9.17, 15) is 8.42 Å². The largest absolute Gasteiger partial charge is 0.330 e. The van der Waals surface area contributed by atoms with Crippen LogP contribution in [0.25, 0.3) is 0 Å². The van der Waals surface area contributed by atoms with Crippen molar-refractivity contribution in [2.24, 2.45) is 23.5 Å². The Hall–Kier alpha value is -0.0900. The molecule has 0 aromatic rings. The van der Waals surface area contributed by atoms with Gasteiger partial charge in [-0.15, -0.1) is 0 Å². The highest BCUT2D eigenvalue weighted by Crippen LogP contribution is 2.33. The van der Waals surface area contributed by atoms with Crippen LogP contribution in [0.3, 0.4) is 0 Å². The van der Waals surface area contributed by atoms with Gasteiger partial charge in [0.25, 0.3) is 0 Å². The first-order chi connectivity index (χ1) is 7.86. The minimum absolute atomic E-state index is 0.184. The molecule has 0 aromatic heterocycles. The Morgan fingerprint density at radius 2 is 1.94 bits per heavy atom. The van der Waals surface area contributed by atoms with Crippen LogP contribution in [0.5, 0.6) is 0 Å². The Kier molecular flexibility index (Phi) is 5.45. The predicted molar refractivity (Wildman–Crippen MR) is 72.6 cm³/mol. The van der Waals surface area contributed by atoms with Crippen LogP contribution in [0, 0.1) is 17.8 Å². The van der Waals surface area contributed by atoms with Crippen LogP contribution in [0.2, 0.25) is 0 Å². The summed E-state index contributed by atoms with van der Waals surface area (Å²) in [5.41, 5.74) is 5.73. The highest BCUT2D eigenvalue weighted by Gasteiger charge is 2.36. The second kappa shape index (κ2) is 6.19. The minimum atomic E-state index is -2.95.